The third-order valence-corrected chi connectivity index (χ3v) is 3.16. The van der Waals surface area contributed by atoms with Crippen molar-refractivity contribution < 1.29 is 9.59 Å². The van der Waals surface area contributed by atoms with Crippen LogP contribution in [0.5, 0.6) is 0 Å². The van der Waals surface area contributed by atoms with Crippen molar-refractivity contribution in [2.24, 2.45) is 7.05 Å². The van der Waals surface area contributed by atoms with Gasteiger partial charge >= 0.3 is 0 Å². The molecule has 0 aliphatic rings. The fraction of sp³-hybridized carbons (Fsp3) is 0.267. The molecule has 0 saturated heterocycles. The van der Waals surface area contributed by atoms with Crippen LogP contribution in [0.25, 0.3) is 0 Å². The number of benzene rings is 1. The van der Waals surface area contributed by atoms with Gasteiger partial charge in [-0.05, 0) is 19.4 Å². The quantitative estimate of drug-likeness (QED) is 0.789. The summed E-state index contributed by atoms with van der Waals surface area (Å²) in [6.07, 6.45) is 0.261. The summed E-state index contributed by atoms with van der Waals surface area (Å²) < 4.78 is 1.58. The van der Waals surface area contributed by atoms with E-state index in [1.807, 2.05) is 30.3 Å². The lowest BCUT2D eigenvalue weighted by Crippen LogP contribution is -2.09. The first-order chi connectivity index (χ1) is 9.00. The van der Waals surface area contributed by atoms with E-state index in [9.17, 15) is 9.59 Å². The van der Waals surface area contributed by atoms with Crippen molar-refractivity contribution in [1.82, 2.24) is 9.78 Å². The highest BCUT2D eigenvalue weighted by atomic mass is 16.1. The van der Waals surface area contributed by atoms with Gasteiger partial charge in [-0.2, -0.15) is 5.10 Å². The molecule has 2 aromatic rings. The number of nitrogens with zero attached hydrogens (tertiary/aromatic N) is 2. The largest absolute Gasteiger partial charge is 0.294 e. The van der Waals surface area contributed by atoms with Gasteiger partial charge < -0.3 is 0 Å². The summed E-state index contributed by atoms with van der Waals surface area (Å²) >= 11 is 0. The summed E-state index contributed by atoms with van der Waals surface area (Å²) in [6.45, 7) is 3.26. The molecule has 0 N–H and O–H groups in total. The zero-order chi connectivity index (χ0) is 14.0. The molecule has 0 unspecified atom stereocenters. The van der Waals surface area contributed by atoms with Gasteiger partial charge in [-0.15, -0.1) is 0 Å². The molecule has 0 spiro atoms. The van der Waals surface area contributed by atoms with E-state index >= 15 is 0 Å². The van der Waals surface area contributed by atoms with Gasteiger partial charge in [0.15, 0.2) is 11.6 Å². The van der Waals surface area contributed by atoms with Crippen molar-refractivity contribution >= 4 is 11.6 Å². The predicted molar refractivity (Wildman–Crippen MR) is 72.4 cm³/mol. The minimum Gasteiger partial charge on any atom is -0.294 e. The van der Waals surface area contributed by atoms with Crippen LogP contribution in [0.15, 0.2) is 30.3 Å². The summed E-state index contributed by atoms with van der Waals surface area (Å²) in [7, 11) is 1.74. The lowest BCUT2D eigenvalue weighted by atomic mass is 10.0. The fourth-order valence-electron chi connectivity index (χ4n) is 2.09. The first-order valence-corrected chi connectivity index (χ1v) is 6.12. The highest BCUT2D eigenvalue weighted by molar-refractivity contribution is 6.08. The number of carbonyl (C=O) groups is 2. The van der Waals surface area contributed by atoms with Gasteiger partial charge in [-0.25, -0.2) is 0 Å². The number of ketones is 2. The van der Waals surface area contributed by atoms with E-state index < -0.39 is 0 Å². The molecule has 19 heavy (non-hydrogen) atoms. The van der Waals surface area contributed by atoms with Crippen LogP contribution < -0.4 is 0 Å². The van der Waals surface area contributed by atoms with Crippen molar-refractivity contribution in [2.75, 3.05) is 0 Å². The predicted octanol–water partition coefficient (Wildman–Crippen LogP) is 2.36. The number of hydrogen-bond donors (Lipinski definition) is 0. The maximum Gasteiger partial charge on any atom is 0.188 e. The van der Waals surface area contributed by atoms with Gasteiger partial charge in [0.2, 0.25) is 0 Å². The monoisotopic (exact) mass is 256 g/mol. The molecule has 2 rings (SSSR count). The Hall–Kier alpha value is -2.23. The molecular weight excluding hydrogens is 240 g/mol. The molecule has 1 aromatic heterocycles. The van der Waals surface area contributed by atoms with Crippen molar-refractivity contribution in [2.45, 2.75) is 20.3 Å². The van der Waals surface area contributed by atoms with Crippen molar-refractivity contribution in [3.05, 3.63) is 52.8 Å². The van der Waals surface area contributed by atoms with Gasteiger partial charge in [-0.3, -0.25) is 14.3 Å². The Morgan fingerprint density at radius 1 is 1.21 bits per heavy atom. The van der Waals surface area contributed by atoms with Crippen molar-refractivity contribution in [3.63, 3.8) is 0 Å². The number of Topliss-reactive ketones (excluding diaryl/α,β-unsaturated/α-hetero) is 2. The maximum atomic E-state index is 12.3. The molecule has 4 heteroatoms. The van der Waals surface area contributed by atoms with Gasteiger partial charge in [0.1, 0.15) is 5.69 Å². The van der Waals surface area contributed by atoms with Crippen molar-refractivity contribution in [3.8, 4) is 0 Å². The summed E-state index contributed by atoms with van der Waals surface area (Å²) in [4.78, 5) is 23.9. The highest BCUT2D eigenvalue weighted by Crippen LogP contribution is 2.16. The second-order valence-electron chi connectivity index (χ2n) is 4.57. The van der Waals surface area contributed by atoms with E-state index in [-0.39, 0.29) is 23.7 Å². The Morgan fingerprint density at radius 2 is 1.84 bits per heavy atom. The van der Waals surface area contributed by atoms with Crippen LogP contribution in [0.4, 0.5) is 0 Å². The topological polar surface area (TPSA) is 52.0 Å². The Kier molecular flexibility index (Phi) is 3.60. The molecule has 0 radical (unpaired) electrons. The third-order valence-electron chi connectivity index (χ3n) is 3.16. The van der Waals surface area contributed by atoms with E-state index in [2.05, 4.69) is 5.10 Å². The number of aromatic nitrogens is 2. The van der Waals surface area contributed by atoms with Gasteiger partial charge in [0.25, 0.3) is 0 Å². The van der Waals surface area contributed by atoms with Crippen LogP contribution >= 0.6 is 0 Å². The Labute approximate surface area is 112 Å². The van der Waals surface area contributed by atoms with Crippen LogP contribution in [0, 0.1) is 6.92 Å². The van der Waals surface area contributed by atoms with Gasteiger partial charge in [-0.1, -0.05) is 30.3 Å². The van der Waals surface area contributed by atoms with E-state index in [0.29, 0.717) is 5.56 Å². The summed E-state index contributed by atoms with van der Waals surface area (Å²) in [5.41, 5.74) is 2.36. The molecule has 0 atom stereocenters. The smallest absolute Gasteiger partial charge is 0.188 e. The average molecular weight is 256 g/mol. The molecular formula is C15H16N2O2. The van der Waals surface area contributed by atoms with Crippen LogP contribution in [0.2, 0.25) is 0 Å². The molecule has 4 nitrogen and oxygen atoms in total. The molecule has 0 amide bonds. The fourth-order valence-corrected chi connectivity index (χ4v) is 2.09. The second kappa shape index (κ2) is 5.18. The molecule has 0 aliphatic carbocycles. The minimum atomic E-state index is -0.125. The highest BCUT2D eigenvalue weighted by Gasteiger charge is 2.22. The van der Waals surface area contributed by atoms with Crippen LogP contribution in [-0.2, 0) is 13.5 Å². The van der Waals surface area contributed by atoms with Gasteiger partial charge in [0.05, 0.1) is 5.56 Å². The zero-order valence-electron chi connectivity index (χ0n) is 11.3. The molecule has 0 fully saturated rings. The molecule has 1 heterocycles. The summed E-state index contributed by atoms with van der Waals surface area (Å²) in [5.74, 6) is -0.248. The Morgan fingerprint density at radius 3 is 2.42 bits per heavy atom. The molecule has 0 saturated carbocycles. The molecule has 0 aliphatic heterocycles. The number of hydrogen-bond acceptors (Lipinski definition) is 3. The molecule has 0 bridgehead atoms. The number of rotatable bonds is 4. The zero-order valence-corrected chi connectivity index (χ0v) is 11.3. The van der Waals surface area contributed by atoms with Crippen molar-refractivity contribution in [1.29, 1.82) is 0 Å². The van der Waals surface area contributed by atoms with E-state index in [1.54, 1.807) is 18.7 Å². The first-order valence-electron chi connectivity index (χ1n) is 6.12. The molecule has 1 aromatic carbocycles. The van der Waals surface area contributed by atoms with Crippen LogP contribution in [-0.4, -0.2) is 21.3 Å². The Balaban J connectivity index is 2.35. The second-order valence-corrected chi connectivity index (χ2v) is 4.57. The standard InChI is InChI=1S/C15H16N2O2/c1-10-14(11(2)18)15(16-17(10)3)13(19)9-12-7-5-4-6-8-12/h4-8H,9H2,1-3H3. The maximum absolute atomic E-state index is 12.3. The van der Waals surface area contributed by atoms with Crippen LogP contribution in [0.3, 0.4) is 0 Å². The normalized spacial score (nSPS) is 10.5. The minimum absolute atomic E-state index is 0.123. The third kappa shape index (κ3) is 2.62. The lowest BCUT2D eigenvalue weighted by Gasteiger charge is -2.00. The lowest BCUT2D eigenvalue weighted by molar-refractivity contribution is 0.0965. The van der Waals surface area contributed by atoms with Crippen LogP contribution in [0.1, 0.15) is 39.0 Å². The first kappa shape index (κ1) is 13.2. The summed E-state index contributed by atoms with van der Waals surface area (Å²) in [6, 6.07) is 9.46. The molecule has 98 valence electrons. The number of aryl methyl sites for hydroxylation is 1. The van der Waals surface area contributed by atoms with E-state index in [0.717, 1.165) is 11.3 Å². The average Bonchev–Trinajstić information content (AvgIpc) is 2.67. The van der Waals surface area contributed by atoms with E-state index in [4.69, 9.17) is 0 Å². The summed E-state index contributed by atoms with van der Waals surface area (Å²) in [5, 5.41) is 4.17. The SMILES string of the molecule is CC(=O)c1c(C(=O)Cc2ccccc2)nn(C)c1C. The van der Waals surface area contributed by atoms with E-state index in [1.165, 1.54) is 6.92 Å². The number of carbonyl (C=O) groups excluding carboxylic acids is 2. The van der Waals surface area contributed by atoms with Gasteiger partial charge in [0, 0.05) is 19.2 Å². The Bertz CT molecular complexity index is 627.